The average molecular weight is 120 g/mol. The topological polar surface area (TPSA) is 34.3 Å². The molecule has 0 spiro atoms. The van der Waals surface area contributed by atoms with Gasteiger partial charge in [0.2, 0.25) is 0 Å². The number of nitrogens with one attached hydrogen (secondary N) is 1. The Morgan fingerprint density at radius 3 is 2.50 bits per heavy atom. The number of hydrogen-bond donors (Lipinski definition) is 1. The Kier molecular flexibility index (Phi) is 3.51. The van der Waals surface area contributed by atoms with Crippen LogP contribution in [-0.4, -0.2) is 10.6 Å². The minimum absolute atomic E-state index is 0.398. The summed E-state index contributed by atoms with van der Waals surface area (Å²) in [6, 6.07) is 0. The summed E-state index contributed by atoms with van der Waals surface area (Å²) in [4.78, 5) is 0. The summed E-state index contributed by atoms with van der Waals surface area (Å²) in [5, 5.41) is 0. The van der Waals surface area contributed by atoms with Gasteiger partial charge in [-0.25, -0.2) is 0 Å². The minimum atomic E-state index is 0.398. The van der Waals surface area contributed by atoms with E-state index in [-0.39, 0.29) is 0 Å². The fourth-order valence-corrected chi connectivity index (χ4v) is 0.137. The summed E-state index contributed by atoms with van der Waals surface area (Å²) in [5.41, 5.74) is 1.81. The Balaban J connectivity index is 2.99. The molecule has 0 amide bonds. The molecule has 0 atom stereocenters. The Morgan fingerprint density at radius 2 is 2.50 bits per heavy atom. The maximum Gasteiger partial charge on any atom is 0.150 e. The normalized spacial score (nSPS) is 7.67. The number of thioether (sulfide) groups is 1. The van der Waals surface area contributed by atoms with Crippen LogP contribution in [0.1, 0.15) is 0 Å². The van der Waals surface area contributed by atoms with Crippen molar-refractivity contribution >= 4 is 28.3 Å². The van der Waals surface area contributed by atoms with E-state index in [1.807, 2.05) is 5.43 Å². The van der Waals surface area contributed by atoms with Crippen LogP contribution in [0.3, 0.4) is 0 Å². The lowest BCUT2D eigenvalue weighted by Gasteiger charge is -1.87. The van der Waals surface area contributed by atoms with Gasteiger partial charge in [0.05, 0.1) is 0 Å². The van der Waals surface area contributed by atoms with E-state index in [1.54, 1.807) is 6.26 Å². The van der Waals surface area contributed by atoms with E-state index in [9.17, 15) is 0 Å². The molecule has 0 saturated heterocycles. The van der Waals surface area contributed by atoms with Gasteiger partial charge in [-0.3, -0.25) is 5.43 Å². The molecule has 0 aliphatic carbocycles. The van der Waals surface area contributed by atoms with Gasteiger partial charge in [-0.1, -0.05) is 24.0 Å². The number of hydrogen-bond acceptors (Lipinski definition) is 2. The van der Waals surface area contributed by atoms with Crippen molar-refractivity contribution in [3.05, 3.63) is 0 Å². The molecule has 2 radical (unpaired) electrons. The van der Waals surface area contributed by atoms with Crippen molar-refractivity contribution in [3.8, 4) is 0 Å². The van der Waals surface area contributed by atoms with Crippen molar-refractivity contribution in [2.24, 2.45) is 0 Å². The Hall–Kier alpha value is 0.200. The summed E-state index contributed by atoms with van der Waals surface area (Å²) in [7, 11) is 0. The fourth-order valence-electron chi connectivity index (χ4n) is 0.0456. The molecule has 0 aliphatic heterocycles. The van der Waals surface area contributed by atoms with Crippen molar-refractivity contribution in [3.63, 3.8) is 0 Å². The summed E-state index contributed by atoms with van der Waals surface area (Å²) in [6.07, 6.45) is 1.78. The smallest absolute Gasteiger partial charge is 0.150 e. The van der Waals surface area contributed by atoms with Gasteiger partial charge in [0, 0.05) is 0 Å². The summed E-state index contributed by atoms with van der Waals surface area (Å²) in [5.74, 6) is 7.92. The zero-order valence-electron chi connectivity index (χ0n) is 3.26. The van der Waals surface area contributed by atoms with Crippen LogP contribution in [0, 0.1) is 0 Å². The van der Waals surface area contributed by atoms with Crippen LogP contribution in [-0.2, 0) is 0 Å². The molecule has 1 N–H and O–H groups in total. The Bertz CT molecular complexity index is 47.5. The minimum Gasteiger partial charge on any atom is -0.270 e. The van der Waals surface area contributed by atoms with Crippen molar-refractivity contribution in [1.82, 2.24) is 11.3 Å². The third-order valence-corrected chi connectivity index (χ3v) is 1.33. The first-order valence-electron chi connectivity index (χ1n) is 1.29. The second kappa shape index (κ2) is 3.39. The molecule has 0 heterocycles. The highest BCUT2D eigenvalue weighted by molar-refractivity contribution is 8.22. The maximum absolute atomic E-state index is 7.92. The Labute approximate surface area is 46.4 Å². The number of rotatable bonds is 0. The number of nitrogens with zero attached hydrogens (tertiary/aromatic N) is 1. The molecule has 0 unspecified atom stereocenters. The first-order valence-corrected chi connectivity index (χ1v) is 2.92. The van der Waals surface area contributed by atoms with Gasteiger partial charge in [-0.2, -0.15) is 0 Å². The van der Waals surface area contributed by atoms with Gasteiger partial charge in [0.1, 0.15) is 4.32 Å². The summed E-state index contributed by atoms with van der Waals surface area (Å²) in [6.45, 7) is 0. The lowest BCUT2D eigenvalue weighted by atomic mass is 11.5. The standard InChI is InChI=1S/C2H4N2S2/c1-6-2(5)4-3/h1H3,(H,4,5). The van der Waals surface area contributed by atoms with Crippen LogP contribution in [0.2, 0.25) is 0 Å². The van der Waals surface area contributed by atoms with E-state index in [2.05, 4.69) is 12.2 Å². The lowest BCUT2D eigenvalue weighted by molar-refractivity contribution is 1.01. The monoisotopic (exact) mass is 120 g/mol. The van der Waals surface area contributed by atoms with Crippen LogP contribution < -0.4 is 11.3 Å². The molecular weight excluding hydrogens is 116 g/mol. The van der Waals surface area contributed by atoms with Crippen molar-refractivity contribution in [1.29, 1.82) is 0 Å². The quantitative estimate of drug-likeness (QED) is 0.366. The van der Waals surface area contributed by atoms with Gasteiger partial charge in [-0.05, 0) is 12.1 Å². The molecule has 0 aromatic rings. The van der Waals surface area contributed by atoms with Crippen LogP contribution in [0.5, 0.6) is 0 Å². The zero-order valence-corrected chi connectivity index (χ0v) is 4.90. The summed E-state index contributed by atoms with van der Waals surface area (Å²) < 4.78 is 0.398. The molecule has 4 heteroatoms. The third-order valence-electron chi connectivity index (χ3n) is 0.277. The van der Waals surface area contributed by atoms with Crippen molar-refractivity contribution < 1.29 is 0 Å². The molecule has 6 heavy (non-hydrogen) atoms. The van der Waals surface area contributed by atoms with Gasteiger partial charge >= 0.3 is 0 Å². The van der Waals surface area contributed by atoms with E-state index >= 15 is 0 Å². The highest BCUT2D eigenvalue weighted by Gasteiger charge is 1.81. The average Bonchev–Trinajstić information content (AvgIpc) is 1.65. The first-order chi connectivity index (χ1) is 2.81. The molecule has 0 rings (SSSR count). The van der Waals surface area contributed by atoms with Crippen molar-refractivity contribution in [2.45, 2.75) is 0 Å². The predicted molar refractivity (Wildman–Crippen MR) is 31.4 cm³/mol. The second-order valence-corrected chi connectivity index (χ2v) is 2.09. The van der Waals surface area contributed by atoms with E-state index in [1.165, 1.54) is 11.8 Å². The highest BCUT2D eigenvalue weighted by atomic mass is 32.2. The van der Waals surface area contributed by atoms with Crippen LogP contribution in [0.25, 0.3) is 0 Å². The van der Waals surface area contributed by atoms with Crippen molar-refractivity contribution in [2.75, 3.05) is 6.26 Å². The van der Waals surface area contributed by atoms with E-state index in [0.29, 0.717) is 4.32 Å². The van der Waals surface area contributed by atoms with E-state index < -0.39 is 0 Å². The van der Waals surface area contributed by atoms with Crippen LogP contribution in [0.4, 0.5) is 0 Å². The van der Waals surface area contributed by atoms with Gasteiger partial charge in [0.25, 0.3) is 0 Å². The fraction of sp³-hybridized carbons (Fsp3) is 0.500. The largest absolute Gasteiger partial charge is 0.270 e. The predicted octanol–water partition coefficient (Wildman–Crippen LogP) is 0.208. The molecule has 34 valence electrons. The van der Waals surface area contributed by atoms with Crippen LogP contribution in [0.15, 0.2) is 0 Å². The first kappa shape index (κ1) is 6.20. The number of thiocarbonyl (C=S) groups is 1. The third kappa shape index (κ3) is 2.44. The van der Waals surface area contributed by atoms with Gasteiger partial charge in [-0.15, -0.1) is 0 Å². The molecule has 0 saturated carbocycles. The molecular formula is C2H4N2S2. The summed E-state index contributed by atoms with van der Waals surface area (Å²) >= 11 is 5.75. The molecule has 0 aromatic heterocycles. The highest BCUT2D eigenvalue weighted by Crippen LogP contribution is 1.89. The molecule has 2 nitrogen and oxygen atoms in total. The zero-order chi connectivity index (χ0) is 4.99. The Morgan fingerprint density at radius 1 is 2.00 bits per heavy atom. The van der Waals surface area contributed by atoms with Gasteiger partial charge < -0.3 is 0 Å². The molecule has 0 bridgehead atoms. The SMILES string of the molecule is CSC(=S)N[N]. The second-order valence-electron chi connectivity index (χ2n) is 0.603. The van der Waals surface area contributed by atoms with Crippen LogP contribution >= 0.6 is 24.0 Å². The lowest BCUT2D eigenvalue weighted by Crippen LogP contribution is -2.13. The molecule has 0 aliphatic rings. The maximum atomic E-state index is 7.92. The van der Waals surface area contributed by atoms with E-state index in [4.69, 9.17) is 5.84 Å². The van der Waals surface area contributed by atoms with Gasteiger partial charge in [0.15, 0.2) is 0 Å². The molecule has 0 fully saturated rings. The molecule has 0 aromatic carbocycles. The van der Waals surface area contributed by atoms with E-state index in [0.717, 1.165) is 0 Å².